The molecule has 0 radical (unpaired) electrons. The topological polar surface area (TPSA) is 99.4 Å². The summed E-state index contributed by atoms with van der Waals surface area (Å²) in [4.78, 5) is 25.0. The molecule has 3 rings (SSSR count). The summed E-state index contributed by atoms with van der Waals surface area (Å²) in [5.41, 5.74) is -1.13. The van der Waals surface area contributed by atoms with E-state index in [2.05, 4.69) is 4.72 Å². The summed E-state index contributed by atoms with van der Waals surface area (Å²) < 4.78 is 36.1. The van der Waals surface area contributed by atoms with Crippen molar-refractivity contribution in [3.8, 4) is 0 Å². The molecule has 1 saturated heterocycles. The van der Waals surface area contributed by atoms with Crippen LogP contribution in [0.1, 0.15) is 27.7 Å². The van der Waals surface area contributed by atoms with Gasteiger partial charge in [-0.05, 0) is 45.9 Å². The van der Waals surface area contributed by atoms with Crippen LogP contribution in [0, 0.1) is 0 Å². The molecule has 8 nitrogen and oxygen atoms in total. The Morgan fingerprint density at radius 3 is 2.38 bits per heavy atom. The lowest BCUT2D eigenvalue weighted by Gasteiger charge is -2.44. The third-order valence-electron chi connectivity index (χ3n) is 5.04. The number of hydrogen-bond donors (Lipinski definition) is 1. The molecule has 142 valence electrons. The molecular weight excluding hydrogens is 358 g/mol. The maximum Gasteiger partial charge on any atom is 0.331 e. The highest BCUT2D eigenvalue weighted by molar-refractivity contribution is 7.89. The average molecular weight is 381 g/mol. The fourth-order valence-electron chi connectivity index (χ4n) is 3.13. The molecule has 0 unspecified atom stereocenters. The van der Waals surface area contributed by atoms with E-state index in [1.807, 2.05) is 0 Å². The molecule has 0 amide bonds. The van der Waals surface area contributed by atoms with Crippen molar-refractivity contribution in [3.05, 3.63) is 39.0 Å². The van der Waals surface area contributed by atoms with E-state index in [0.717, 1.165) is 4.57 Å². The van der Waals surface area contributed by atoms with E-state index >= 15 is 0 Å². The first kappa shape index (κ1) is 18.8. The standard InChI is InChI=1S/C17H23N3O5S/c1-5-19-14-8-7-12(9-13(14)15(21)20(6-2)16(19)22)26(23,24)18-17(4)10-25-11(17)3/h7-9,11,18H,5-6,10H2,1-4H3/t11-,17-/m1/s1. The van der Waals surface area contributed by atoms with Gasteiger partial charge in [-0.15, -0.1) is 0 Å². The largest absolute Gasteiger partial charge is 0.374 e. The minimum atomic E-state index is -3.83. The molecule has 1 aliphatic heterocycles. The van der Waals surface area contributed by atoms with Crippen molar-refractivity contribution in [2.45, 2.75) is 57.3 Å². The predicted molar refractivity (Wildman–Crippen MR) is 98.0 cm³/mol. The average Bonchev–Trinajstić information content (AvgIpc) is 2.60. The normalized spacial score (nSPS) is 23.2. The molecule has 26 heavy (non-hydrogen) atoms. The van der Waals surface area contributed by atoms with E-state index < -0.39 is 26.8 Å². The maximum absolute atomic E-state index is 12.8. The van der Waals surface area contributed by atoms with Crippen molar-refractivity contribution in [2.75, 3.05) is 6.61 Å². The monoisotopic (exact) mass is 381 g/mol. The molecule has 1 aromatic carbocycles. The fraction of sp³-hybridized carbons (Fsp3) is 0.529. The van der Waals surface area contributed by atoms with E-state index in [9.17, 15) is 18.0 Å². The Labute approximate surface area is 151 Å². The lowest BCUT2D eigenvalue weighted by molar-refractivity contribution is -0.120. The van der Waals surface area contributed by atoms with E-state index in [1.54, 1.807) is 27.7 Å². The number of ether oxygens (including phenoxy) is 1. The Morgan fingerprint density at radius 2 is 1.88 bits per heavy atom. The predicted octanol–water partition coefficient (Wildman–Crippen LogP) is 0.659. The Bertz CT molecular complexity index is 1090. The molecule has 1 N–H and O–H groups in total. The molecular formula is C17H23N3O5S. The van der Waals surface area contributed by atoms with Crippen molar-refractivity contribution in [1.29, 1.82) is 0 Å². The first-order chi connectivity index (χ1) is 12.1. The zero-order valence-electron chi connectivity index (χ0n) is 15.3. The van der Waals surface area contributed by atoms with Crippen LogP contribution < -0.4 is 16.0 Å². The number of nitrogens with one attached hydrogen (secondary N) is 1. The van der Waals surface area contributed by atoms with Crippen LogP contribution >= 0.6 is 0 Å². The molecule has 1 aromatic heterocycles. The van der Waals surface area contributed by atoms with Gasteiger partial charge in [0.2, 0.25) is 10.0 Å². The maximum atomic E-state index is 12.8. The minimum Gasteiger partial charge on any atom is -0.374 e. The van der Waals surface area contributed by atoms with Crippen molar-refractivity contribution >= 4 is 20.9 Å². The van der Waals surface area contributed by atoms with E-state index in [1.165, 1.54) is 22.8 Å². The molecule has 1 fully saturated rings. The first-order valence-electron chi connectivity index (χ1n) is 8.57. The fourth-order valence-corrected chi connectivity index (χ4v) is 4.61. The quantitative estimate of drug-likeness (QED) is 0.820. The number of rotatable bonds is 5. The number of aromatic nitrogens is 2. The van der Waals surface area contributed by atoms with Gasteiger partial charge in [-0.3, -0.25) is 13.9 Å². The molecule has 9 heteroatoms. The van der Waals surface area contributed by atoms with Crippen LogP contribution in [0.15, 0.2) is 32.7 Å². The Kier molecular flexibility index (Phi) is 4.58. The van der Waals surface area contributed by atoms with Gasteiger partial charge in [0, 0.05) is 13.1 Å². The SMILES string of the molecule is CCn1c(=O)c2cc(S(=O)(=O)N[C@]3(C)CO[C@@H]3C)ccc2n(CC)c1=O. The highest BCUT2D eigenvalue weighted by Gasteiger charge is 2.44. The summed E-state index contributed by atoms with van der Waals surface area (Å²) in [6.07, 6.45) is -0.236. The summed E-state index contributed by atoms with van der Waals surface area (Å²) in [7, 11) is -3.83. The van der Waals surface area contributed by atoms with Crippen LogP contribution in [0.5, 0.6) is 0 Å². The third kappa shape index (κ3) is 2.80. The van der Waals surface area contributed by atoms with Gasteiger partial charge in [-0.25, -0.2) is 17.9 Å². The molecule has 1 aliphatic rings. The van der Waals surface area contributed by atoms with Crippen molar-refractivity contribution in [1.82, 2.24) is 13.9 Å². The van der Waals surface area contributed by atoms with Gasteiger partial charge in [-0.2, -0.15) is 0 Å². The van der Waals surface area contributed by atoms with Crippen LogP contribution in [0.2, 0.25) is 0 Å². The molecule has 0 spiro atoms. The second-order valence-corrected chi connectivity index (χ2v) is 8.41. The lowest BCUT2D eigenvalue weighted by atomic mass is 9.93. The van der Waals surface area contributed by atoms with Crippen molar-refractivity contribution in [2.24, 2.45) is 0 Å². The Balaban J connectivity index is 2.18. The van der Waals surface area contributed by atoms with Gasteiger partial charge < -0.3 is 4.74 Å². The van der Waals surface area contributed by atoms with Gasteiger partial charge in [0.25, 0.3) is 5.56 Å². The number of nitrogens with zero attached hydrogens (tertiary/aromatic N) is 2. The Morgan fingerprint density at radius 1 is 1.23 bits per heavy atom. The number of sulfonamides is 1. The van der Waals surface area contributed by atoms with Crippen LogP contribution in [-0.2, 0) is 27.8 Å². The van der Waals surface area contributed by atoms with Crippen LogP contribution in [0.4, 0.5) is 0 Å². The summed E-state index contributed by atoms with van der Waals surface area (Å²) >= 11 is 0. The minimum absolute atomic E-state index is 0.00798. The second kappa shape index (κ2) is 6.33. The third-order valence-corrected chi connectivity index (χ3v) is 6.65. The smallest absolute Gasteiger partial charge is 0.331 e. The first-order valence-corrected chi connectivity index (χ1v) is 10.1. The van der Waals surface area contributed by atoms with Gasteiger partial charge in [0.1, 0.15) is 0 Å². The highest BCUT2D eigenvalue weighted by Crippen LogP contribution is 2.27. The van der Waals surface area contributed by atoms with E-state index in [0.29, 0.717) is 18.7 Å². The Hall–Kier alpha value is -1.97. The molecule has 0 bridgehead atoms. The zero-order valence-corrected chi connectivity index (χ0v) is 16.1. The summed E-state index contributed by atoms with van der Waals surface area (Å²) in [6, 6.07) is 4.27. The molecule has 2 atom stereocenters. The highest BCUT2D eigenvalue weighted by atomic mass is 32.2. The van der Waals surface area contributed by atoms with E-state index in [-0.39, 0.29) is 22.9 Å². The van der Waals surface area contributed by atoms with Crippen LogP contribution in [-0.4, -0.2) is 35.8 Å². The number of benzene rings is 1. The summed E-state index contributed by atoms with van der Waals surface area (Å²) in [5.74, 6) is 0. The molecule has 0 aliphatic carbocycles. The van der Waals surface area contributed by atoms with Gasteiger partial charge in [-0.1, -0.05) is 0 Å². The second-order valence-electron chi connectivity index (χ2n) is 6.73. The van der Waals surface area contributed by atoms with Gasteiger partial charge in [0.05, 0.1) is 34.0 Å². The summed E-state index contributed by atoms with van der Waals surface area (Å²) in [5, 5.41) is 0.208. The molecule has 2 aromatic rings. The molecule has 0 saturated carbocycles. The van der Waals surface area contributed by atoms with Gasteiger partial charge >= 0.3 is 5.69 Å². The zero-order chi connectivity index (χ0) is 19.3. The number of hydrogen-bond acceptors (Lipinski definition) is 5. The van der Waals surface area contributed by atoms with Gasteiger partial charge in [0.15, 0.2) is 0 Å². The van der Waals surface area contributed by atoms with Crippen LogP contribution in [0.3, 0.4) is 0 Å². The van der Waals surface area contributed by atoms with Crippen molar-refractivity contribution < 1.29 is 13.2 Å². The number of aryl methyl sites for hydroxylation is 1. The van der Waals surface area contributed by atoms with Crippen LogP contribution in [0.25, 0.3) is 10.9 Å². The van der Waals surface area contributed by atoms with Crippen molar-refractivity contribution in [3.63, 3.8) is 0 Å². The lowest BCUT2D eigenvalue weighted by Crippen LogP contribution is -2.65. The number of fused-ring (bicyclic) bond motifs is 1. The van der Waals surface area contributed by atoms with E-state index in [4.69, 9.17) is 4.74 Å². The molecule has 2 heterocycles. The summed E-state index contributed by atoms with van der Waals surface area (Å²) in [6.45, 7) is 7.97.